The van der Waals surface area contributed by atoms with Gasteiger partial charge in [-0.05, 0) is 31.9 Å². The van der Waals surface area contributed by atoms with Gasteiger partial charge in [0, 0.05) is 12.0 Å². The van der Waals surface area contributed by atoms with E-state index in [2.05, 4.69) is 10.6 Å². The lowest BCUT2D eigenvalue weighted by atomic mass is 10.0. The van der Waals surface area contributed by atoms with Crippen molar-refractivity contribution in [3.8, 4) is 0 Å². The first kappa shape index (κ1) is 34.0. The van der Waals surface area contributed by atoms with Crippen LogP contribution in [0.1, 0.15) is 37.5 Å². The lowest BCUT2D eigenvalue weighted by molar-refractivity contribution is -0.149. The quantitative estimate of drug-likeness (QED) is 0.124. The SMILES string of the molecule is CC(C)(C)OC(=O)N[C@@H](COCc1ccccc1)C(=O)N[C@@H](Cc1c(F)c(F)c(F)c(F)c1F)C(=O)OCc1ccccc1. The highest BCUT2D eigenvalue weighted by Crippen LogP contribution is 2.24. The van der Waals surface area contributed by atoms with Gasteiger partial charge in [0.15, 0.2) is 23.3 Å². The molecule has 0 radical (unpaired) electrons. The average molecular weight is 623 g/mol. The van der Waals surface area contributed by atoms with Crippen molar-refractivity contribution < 1.29 is 50.5 Å². The van der Waals surface area contributed by atoms with Gasteiger partial charge in [0.1, 0.15) is 24.3 Å². The summed E-state index contributed by atoms with van der Waals surface area (Å²) in [4.78, 5) is 38.9. The number of benzene rings is 3. The third-order valence-corrected chi connectivity index (χ3v) is 5.94. The fraction of sp³-hybridized carbons (Fsp3) is 0.323. The maximum atomic E-state index is 14.6. The second-order valence-electron chi connectivity index (χ2n) is 10.6. The second kappa shape index (κ2) is 15.3. The van der Waals surface area contributed by atoms with E-state index < -0.39 is 83.3 Å². The predicted octanol–water partition coefficient (Wildman–Crippen LogP) is 5.26. The molecule has 2 amide bonds. The van der Waals surface area contributed by atoms with Crippen molar-refractivity contribution in [2.24, 2.45) is 0 Å². The van der Waals surface area contributed by atoms with Crippen LogP contribution in [-0.4, -0.2) is 42.3 Å². The Kier molecular flexibility index (Phi) is 11.8. The molecule has 0 saturated carbocycles. The topological polar surface area (TPSA) is 103 Å². The third-order valence-electron chi connectivity index (χ3n) is 5.94. The average Bonchev–Trinajstić information content (AvgIpc) is 2.99. The summed E-state index contributed by atoms with van der Waals surface area (Å²) < 4.78 is 86.6. The van der Waals surface area contributed by atoms with Crippen LogP contribution < -0.4 is 10.6 Å². The first-order valence-corrected chi connectivity index (χ1v) is 13.4. The van der Waals surface area contributed by atoms with Crippen molar-refractivity contribution >= 4 is 18.0 Å². The molecule has 236 valence electrons. The fourth-order valence-electron chi connectivity index (χ4n) is 3.83. The van der Waals surface area contributed by atoms with Gasteiger partial charge in [-0.15, -0.1) is 0 Å². The normalized spacial score (nSPS) is 12.6. The van der Waals surface area contributed by atoms with Crippen molar-refractivity contribution in [2.45, 2.75) is 58.1 Å². The van der Waals surface area contributed by atoms with Crippen LogP contribution in [0.2, 0.25) is 0 Å². The van der Waals surface area contributed by atoms with Crippen LogP contribution in [0.25, 0.3) is 0 Å². The number of nitrogens with one attached hydrogen (secondary N) is 2. The largest absolute Gasteiger partial charge is 0.459 e. The predicted molar refractivity (Wildman–Crippen MR) is 147 cm³/mol. The highest BCUT2D eigenvalue weighted by atomic mass is 19.2. The van der Waals surface area contributed by atoms with Crippen molar-refractivity contribution in [2.75, 3.05) is 6.61 Å². The lowest BCUT2D eigenvalue weighted by Gasteiger charge is -2.25. The molecule has 0 bridgehead atoms. The summed E-state index contributed by atoms with van der Waals surface area (Å²) in [5.41, 5.74) is -1.05. The minimum absolute atomic E-state index is 0.0215. The minimum Gasteiger partial charge on any atom is -0.459 e. The molecule has 0 aromatic heterocycles. The zero-order chi connectivity index (χ0) is 32.4. The second-order valence-corrected chi connectivity index (χ2v) is 10.6. The molecule has 0 unspecified atom stereocenters. The van der Waals surface area contributed by atoms with E-state index in [1.807, 2.05) is 0 Å². The van der Waals surface area contributed by atoms with Crippen molar-refractivity contribution in [3.05, 3.63) is 106 Å². The van der Waals surface area contributed by atoms with E-state index in [0.29, 0.717) is 5.56 Å². The van der Waals surface area contributed by atoms with E-state index in [1.165, 1.54) is 0 Å². The van der Waals surface area contributed by atoms with Crippen LogP contribution in [0.5, 0.6) is 0 Å². The van der Waals surface area contributed by atoms with Crippen LogP contribution in [0.15, 0.2) is 60.7 Å². The summed E-state index contributed by atoms with van der Waals surface area (Å²) >= 11 is 0. The molecule has 3 aromatic carbocycles. The number of ether oxygens (including phenoxy) is 3. The molecule has 0 aliphatic carbocycles. The molecule has 0 aliphatic rings. The van der Waals surface area contributed by atoms with E-state index >= 15 is 0 Å². The first-order chi connectivity index (χ1) is 20.8. The number of carbonyl (C=O) groups is 3. The Morgan fingerprint density at radius 3 is 1.73 bits per heavy atom. The lowest BCUT2D eigenvalue weighted by Crippen LogP contribution is -2.55. The number of hydrogen-bond acceptors (Lipinski definition) is 6. The summed E-state index contributed by atoms with van der Waals surface area (Å²) in [7, 11) is 0. The number of rotatable bonds is 12. The van der Waals surface area contributed by atoms with E-state index in [1.54, 1.807) is 81.4 Å². The molecular weight excluding hydrogens is 591 g/mol. The summed E-state index contributed by atoms with van der Waals surface area (Å²) in [5.74, 6) is -13.5. The molecule has 0 spiro atoms. The Morgan fingerprint density at radius 2 is 1.20 bits per heavy atom. The maximum Gasteiger partial charge on any atom is 0.408 e. The molecule has 0 fully saturated rings. The van der Waals surface area contributed by atoms with Crippen molar-refractivity contribution in [3.63, 3.8) is 0 Å². The molecule has 13 heteroatoms. The number of amides is 2. The standard InChI is InChI=1S/C31H31F5N2O6/c1-31(2,3)44-30(41)38-22(17-42-15-18-10-6-4-7-11-18)28(39)37-21(29(40)43-16-19-12-8-5-9-13-19)14-20-23(32)25(34)27(36)26(35)24(20)33/h4-13,21-22H,14-17H2,1-3H3,(H,37,39)(H,38,41)/t21-,22-/m0/s1. The monoisotopic (exact) mass is 622 g/mol. The van der Waals surface area contributed by atoms with Crippen LogP contribution >= 0.6 is 0 Å². The summed E-state index contributed by atoms with van der Waals surface area (Å²) in [6.45, 7) is 3.98. The summed E-state index contributed by atoms with van der Waals surface area (Å²) in [6, 6.07) is 13.6. The Labute approximate surface area is 250 Å². The number of hydrogen-bond donors (Lipinski definition) is 2. The number of halogens is 5. The first-order valence-electron chi connectivity index (χ1n) is 13.4. The van der Waals surface area contributed by atoms with Crippen LogP contribution in [0.3, 0.4) is 0 Å². The highest BCUT2D eigenvalue weighted by molar-refractivity contribution is 5.90. The molecule has 0 aliphatic heterocycles. The van der Waals surface area contributed by atoms with Crippen molar-refractivity contribution in [1.82, 2.24) is 10.6 Å². The molecule has 0 saturated heterocycles. The van der Waals surface area contributed by atoms with Crippen LogP contribution in [0, 0.1) is 29.1 Å². The summed E-state index contributed by atoms with van der Waals surface area (Å²) in [5, 5.41) is 4.50. The van der Waals surface area contributed by atoms with Gasteiger partial charge in [-0.3, -0.25) is 4.79 Å². The van der Waals surface area contributed by atoms with E-state index in [4.69, 9.17) is 14.2 Å². The molecule has 3 rings (SSSR count). The summed E-state index contributed by atoms with van der Waals surface area (Å²) in [6.07, 6.45) is -2.20. The van der Waals surface area contributed by atoms with Crippen LogP contribution in [-0.2, 0) is 43.4 Å². The van der Waals surface area contributed by atoms with Gasteiger partial charge in [-0.1, -0.05) is 60.7 Å². The smallest absolute Gasteiger partial charge is 0.408 e. The molecule has 3 aromatic rings. The number of alkyl carbamates (subject to hydrolysis) is 1. The molecule has 8 nitrogen and oxygen atoms in total. The van der Waals surface area contributed by atoms with Crippen LogP contribution in [0.4, 0.5) is 26.7 Å². The number of carbonyl (C=O) groups excluding carboxylic acids is 3. The van der Waals surface area contributed by atoms with E-state index in [0.717, 1.165) is 5.56 Å². The Bertz CT molecular complexity index is 1420. The molecule has 2 atom stereocenters. The molecule has 0 heterocycles. The third kappa shape index (κ3) is 9.76. The Hall–Kier alpha value is -4.52. The van der Waals surface area contributed by atoms with E-state index in [9.17, 15) is 36.3 Å². The van der Waals surface area contributed by atoms with Crippen molar-refractivity contribution in [1.29, 1.82) is 0 Å². The highest BCUT2D eigenvalue weighted by Gasteiger charge is 2.33. The van der Waals surface area contributed by atoms with Gasteiger partial charge in [-0.2, -0.15) is 0 Å². The Morgan fingerprint density at radius 1 is 0.705 bits per heavy atom. The van der Waals surface area contributed by atoms with Gasteiger partial charge in [0.25, 0.3) is 0 Å². The van der Waals surface area contributed by atoms with Gasteiger partial charge in [0.2, 0.25) is 11.7 Å². The number of esters is 1. The Balaban J connectivity index is 1.87. The minimum atomic E-state index is -2.38. The zero-order valence-electron chi connectivity index (χ0n) is 24.1. The maximum absolute atomic E-state index is 14.6. The van der Waals surface area contributed by atoms with Gasteiger partial charge < -0.3 is 24.8 Å². The zero-order valence-corrected chi connectivity index (χ0v) is 24.1. The van der Waals surface area contributed by atoms with Gasteiger partial charge in [-0.25, -0.2) is 31.5 Å². The molecule has 2 N–H and O–H groups in total. The fourth-order valence-corrected chi connectivity index (χ4v) is 3.83. The molecular formula is C31H31F5N2O6. The van der Waals surface area contributed by atoms with E-state index in [-0.39, 0.29) is 13.2 Å². The molecule has 44 heavy (non-hydrogen) atoms. The van der Waals surface area contributed by atoms with Gasteiger partial charge in [0.05, 0.1) is 13.2 Å². The van der Waals surface area contributed by atoms with Gasteiger partial charge >= 0.3 is 12.1 Å².